The van der Waals surface area contributed by atoms with E-state index < -0.39 is 0 Å². The largest absolute Gasteiger partial charge is 0.336 e. The number of carbonyl (C=O) groups is 2. The van der Waals surface area contributed by atoms with E-state index >= 15 is 0 Å². The number of likely N-dealkylation sites (tertiary alicyclic amines) is 1. The zero-order chi connectivity index (χ0) is 18.3. The Hall–Kier alpha value is -2.70. The number of hydrogen-bond acceptors (Lipinski definition) is 4. The number of rotatable bonds is 4. The summed E-state index contributed by atoms with van der Waals surface area (Å²) in [6, 6.07) is 3.56. The average Bonchev–Trinajstić information content (AvgIpc) is 3.35. The second-order valence-electron chi connectivity index (χ2n) is 7.19. The normalized spacial score (nSPS) is 23.2. The van der Waals surface area contributed by atoms with Crippen LogP contribution in [0.1, 0.15) is 43.2 Å². The smallest absolute Gasteiger partial charge is 0.230 e. The molecule has 1 saturated heterocycles. The molecule has 7 heteroatoms. The number of anilines is 1. The zero-order valence-electron chi connectivity index (χ0n) is 15.1. The van der Waals surface area contributed by atoms with Crippen molar-refractivity contribution in [1.82, 2.24) is 19.4 Å². The topological polar surface area (TPSA) is 80.1 Å². The molecule has 1 aliphatic heterocycles. The molecule has 7 nitrogen and oxygen atoms in total. The molecule has 0 unspecified atom stereocenters. The molecule has 3 heterocycles. The van der Waals surface area contributed by atoms with Gasteiger partial charge in [0.15, 0.2) is 0 Å². The molecule has 2 amide bonds. The van der Waals surface area contributed by atoms with Gasteiger partial charge in [0, 0.05) is 49.5 Å². The van der Waals surface area contributed by atoms with Gasteiger partial charge in [-0.15, -0.1) is 0 Å². The van der Waals surface area contributed by atoms with Gasteiger partial charge in [0.2, 0.25) is 11.8 Å². The Kier molecular flexibility index (Phi) is 4.22. The van der Waals surface area contributed by atoms with E-state index in [2.05, 4.69) is 15.3 Å². The van der Waals surface area contributed by atoms with Crippen LogP contribution in [-0.2, 0) is 16.6 Å². The van der Waals surface area contributed by atoms with Gasteiger partial charge in [0.1, 0.15) is 11.9 Å². The predicted molar refractivity (Wildman–Crippen MR) is 96.1 cm³/mol. The lowest BCUT2D eigenvalue weighted by Crippen LogP contribution is -2.48. The summed E-state index contributed by atoms with van der Waals surface area (Å²) in [5, 5.41) is 3.00. The van der Waals surface area contributed by atoms with Gasteiger partial charge in [-0.3, -0.25) is 14.6 Å². The van der Waals surface area contributed by atoms with Crippen LogP contribution in [0, 0.1) is 12.8 Å². The molecule has 0 spiro atoms. The maximum atomic E-state index is 13.1. The first kappa shape index (κ1) is 16.8. The van der Waals surface area contributed by atoms with Crippen molar-refractivity contribution in [2.75, 3.05) is 5.32 Å². The van der Waals surface area contributed by atoms with E-state index in [0.29, 0.717) is 12.8 Å². The van der Waals surface area contributed by atoms with Crippen LogP contribution in [0.4, 0.5) is 5.69 Å². The third kappa shape index (κ3) is 3.09. The van der Waals surface area contributed by atoms with Crippen LogP contribution < -0.4 is 5.32 Å². The molecule has 4 rings (SSSR count). The second-order valence-corrected chi connectivity index (χ2v) is 7.19. The summed E-state index contributed by atoms with van der Waals surface area (Å²) >= 11 is 0. The molecule has 2 aromatic rings. The van der Waals surface area contributed by atoms with E-state index in [4.69, 9.17) is 0 Å². The number of nitrogens with zero attached hydrogens (tertiary/aromatic N) is 4. The summed E-state index contributed by atoms with van der Waals surface area (Å²) in [4.78, 5) is 36.2. The minimum absolute atomic E-state index is 0.0678. The average molecular weight is 353 g/mol. The van der Waals surface area contributed by atoms with E-state index in [0.717, 1.165) is 30.0 Å². The number of hydrogen-bond donors (Lipinski definition) is 1. The van der Waals surface area contributed by atoms with Gasteiger partial charge in [-0.1, -0.05) is 0 Å². The highest BCUT2D eigenvalue weighted by Gasteiger charge is 2.47. The molecule has 136 valence electrons. The molecule has 2 fully saturated rings. The first-order chi connectivity index (χ1) is 12.5. The van der Waals surface area contributed by atoms with E-state index in [1.54, 1.807) is 18.5 Å². The molecule has 0 radical (unpaired) electrons. The van der Waals surface area contributed by atoms with Crippen LogP contribution in [-0.4, -0.2) is 37.3 Å². The van der Waals surface area contributed by atoms with Crippen molar-refractivity contribution in [1.29, 1.82) is 0 Å². The number of aryl methyl sites for hydroxylation is 2. The number of imidazole rings is 1. The van der Waals surface area contributed by atoms with Crippen LogP contribution in [0.15, 0.2) is 30.7 Å². The van der Waals surface area contributed by atoms with Gasteiger partial charge in [0.05, 0.1) is 5.92 Å². The Labute approximate surface area is 152 Å². The molecule has 0 bridgehead atoms. The minimum Gasteiger partial charge on any atom is -0.336 e. The number of nitrogens with one attached hydrogen (secondary N) is 1. The molecule has 2 atom stereocenters. The Morgan fingerprint density at radius 1 is 1.23 bits per heavy atom. The monoisotopic (exact) mass is 353 g/mol. The quantitative estimate of drug-likeness (QED) is 0.914. The van der Waals surface area contributed by atoms with Crippen molar-refractivity contribution in [3.05, 3.63) is 42.2 Å². The first-order valence-corrected chi connectivity index (χ1v) is 9.06. The van der Waals surface area contributed by atoms with Crippen LogP contribution in [0.2, 0.25) is 0 Å². The number of carbonyl (C=O) groups excluding carboxylic acids is 2. The third-order valence-electron chi connectivity index (χ3n) is 5.20. The highest BCUT2D eigenvalue weighted by atomic mass is 16.2. The van der Waals surface area contributed by atoms with Gasteiger partial charge >= 0.3 is 0 Å². The maximum absolute atomic E-state index is 13.1. The highest BCUT2D eigenvalue weighted by molar-refractivity contribution is 5.94. The van der Waals surface area contributed by atoms with Crippen LogP contribution in [0.3, 0.4) is 0 Å². The summed E-state index contributed by atoms with van der Waals surface area (Å²) in [5.41, 5.74) is 1.58. The minimum atomic E-state index is -0.317. The summed E-state index contributed by atoms with van der Waals surface area (Å²) in [5.74, 6) is 0.518. The third-order valence-corrected chi connectivity index (χ3v) is 5.20. The number of amides is 2. The van der Waals surface area contributed by atoms with Gasteiger partial charge < -0.3 is 14.8 Å². The molecular weight excluding hydrogens is 330 g/mol. The van der Waals surface area contributed by atoms with E-state index in [1.807, 2.05) is 35.7 Å². The molecule has 26 heavy (non-hydrogen) atoms. The second kappa shape index (κ2) is 6.55. The number of pyridine rings is 1. The summed E-state index contributed by atoms with van der Waals surface area (Å²) < 4.78 is 1.91. The Bertz CT molecular complexity index is 842. The summed E-state index contributed by atoms with van der Waals surface area (Å²) in [6.45, 7) is 1.89. The fourth-order valence-corrected chi connectivity index (χ4v) is 3.80. The van der Waals surface area contributed by atoms with Crippen molar-refractivity contribution in [3.8, 4) is 0 Å². The fourth-order valence-electron chi connectivity index (χ4n) is 3.80. The molecule has 2 aromatic heterocycles. The van der Waals surface area contributed by atoms with Gasteiger partial charge in [-0.2, -0.15) is 0 Å². The molecule has 1 aliphatic carbocycles. The number of aromatic nitrogens is 3. The lowest BCUT2D eigenvalue weighted by atomic mass is 9.86. The van der Waals surface area contributed by atoms with Crippen molar-refractivity contribution in [2.24, 2.45) is 13.0 Å². The molecular formula is C19H23N5O2. The number of piperidine rings is 1. The Morgan fingerprint density at radius 3 is 2.69 bits per heavy atom. The maximum Gasteiger partial charge on any atom is 0.230 e. The van der Waals surface area contributed by atoms with E-state index in [1.165, 1.54) is 0 Å². The van der Waals surface area contributed by atoms with Crippen molar-refractivity contribution < 1.29 is 9.59 Å². The Balaban J connectivity index is 1.65. The standard InChI is InChI=1S/C19H23N5O2/c1-12-11-13(7-8-20-12)22-19(26)15-5-6-16(25)24(14-3-4-14)17(15)18-21-9-10-23(18)2/h7-11,14-15,17H,3-6H2,1-2H3,(H,20,22,26)/t15-,17-/m0/s1. The van der Waals surface area contributed by atoms with E-state index in [9.17, 15) is 9.59 Å². The summed E-state index contributed by atoms with van der Waals surface area (Å²) in [6.07, 6.45) is 8.22. The van der Waals surface area contributed by atoms with Crippen molar-refractivity contribution >= 4 is 17.5 Å². The SMILES string of the molecule is Cc1cc(NC(=O)[C@H]2CCC(=O)N(C3CC3)[C@@H]2c2nccn2C)ccn1. The van der Waals surface area contributed by atoms with Crippen LogP contribution in [0.5, 0.6) is 0 Å². The first-order valence-electron chi connectivity index (χ1n) is 9.06. The molecule has 1 saturated carbocycles. The van der Waals surface area contributed by atoms with Gasteiger partial charge in [0.25, 0.3) is 0 Å². The van der Waals surface area contributed by atoms with Gasteiger partial charge in [-0.05, 0) is 38.3 Å². The lowest BCUT2D eigenvalue weighted by Gasteiger charge is -2.40. The molecule has 1 N–H and O–H groups in total. The lowest BCUT2D eigenvalue weighted by molar-refractivity contribution is -0.143. The van der Waals surface area contributed by atoms with E-state index in [-0.39, 0.29) is 29.8 Å². The Morgan fingerprint density at radius 2 is 2.04 bits per heavy atom. The summed E-state index contributed by atoms with van der Waals surface area (Å²) in [7, 11) is 1.91. The fraction of sp³-hybridized carbons (Fsp3) is 0.474. The van der Waals surface area contributed by atoms with Gasteiger partial charge in [-0.25, -0.2) is 4.98 Å². The van der Waals surface area contributed by atoms with Crippen molar-refractivity contribution in [3.63, 3.8) is 0 Å². The van der Waals surface area contributed by atoms with Crippen LogP contribution >= 0.6 is 0 Å². The highest BCUT2D eigenvalue weighted by Crippen LogP contribution is 2.43. The molecule has 0 aromatic carbocycles. The predicted octanol–water partition coefficient (Wildman–Crippen LogP) is 2.20. The van der Waals surface area contributed by atoms with Crippen LogP contribution in [0.25, 0.3) is 0 Å². The van der Waals surface area contributed by atoms with Crippen molar-refractivity contribution in [2.45, 2.75) is 44.7 Å². The zero-order valence-corrected chi connectivity index (χ0v) is 15.1. The molecule has 2 aliphatic rings.